The number of aromatic carboxylic acids is 1. The lowest BCUT2D eigenvalue weighted by Gasteiger charge is -2.39. The lowest BCUT2D eigenvalue weighted by atomic mass is 9.99. The zero-order valence-electron chi connectivity index (χ0n) is 19.0. The van der Waals surface area contributed by atoms with E-state index < -0.39 is 5.97 Å². The van der Waals surface area contributed by atoms with Gasteiger partial charge in [0.1, 0.15) is 4.88 Å². The molecule has 0 saturated carbocycles. The van der Waals surface area contributed by atoms with Crippen molar-refractivity contribution in [2.24, 2.45) is 0 Å². The Labute approximate surface area is 206 Å². The van der Waals surface area contributed by atoms with Gasteiger partial charge in [0.25, 0.3) is 5.91 Å². The summed E-state index contributed by atoms with van der Waals surface area (Å²) in [5, 5.41) is 17.1. The zero-order chi connectivity index (χ0) is 24.2. The number of carbonyl (C=O) groups excluding carboxylic acids is 1. The number of H-pyrrole nitrogens is 1. The molecular weight excluding hydrogens is 476 g/mol. The molecule has 1 aliphatic heterocycles. The van der Waals surface area contributed by atoms with Crippen molar-refractivity contribution in [3.05, 3.63) is 63.1 Å². The Balaban J connectivity index is 1.50. The third kappa shape index (κ3) is 5.40. The Hall–Kier alpha value is -2.95. The van der Waals surface area contributed by atoms with Crippen LogP contribution in [0.4, 0.5) is 5.13 Å². The number of thiazole rings is 1. The topological polar surface area (TPSA) is 123 Å². The molecule has 1 amide bonds. The number of aryl methyl sites for hydroxylation is 2. The second kappa shape index (κ2) is 10.5. The number of nitrogens with one attached hydrogen (secondary N) is 3. The van der Waals surface area contributed by atoms with Crippen molar-refractivity contribution in [1.29, 1.82) is 0 Å². The van der Waals surface area contributed by atoms with E-state index in [1.807, 2.05) is 37.3 Å². The van der Waals surface area contributed by atoms with E-state index in [-0.39, 0.29) is 28.7 Å². The minimum atomic E-state index is -0.967. The van der Waals surface area contributed by atoms with Crippen LogP contribution >= 0.6 is 22.9 Å². The van der Waals surface area contributed by atoms with Crippen LogP contribution in [0.3, 0.4) is 0 Å². The highest BCUT2D eigenvalue weighted by Crippen LogP contribution is 2.28. The smallest absolute Gasteiger partial charge is 0.347 e. The van der Waals surface area contributed by atoms with E-state index in [0.717, 1.165) is 11.3 Å². The Morgan fingerprint density at radius 3 is 2.68 bits per heavy atom. The molecule has 1 aliphatic rings. The van der Waals surface area contributed by atoms with Crippen molar-refractivity contribution < 1.29 is 14.7 Å². The van der Waals surface area contributed by atoms with Gasteiger partial charge in [0.15, 0.2) is 16.1 Å². The number of amides is 1. The SMILES string of the molecule is CCc1[nH]c(C(=O)N[C@H]2CCN(c3nc(C)c(C(=O)O)s3)C[C@@H]2NCc2ccccc2)nc1Cl. The zero-order valence-corrected chi connectivity index (χ0v) is 20.5. The van der Waals surface area contributed by atoms with Crippen molar-refractivity contribution in [2.45, 2.75) is 45.3 Å². The number of aromatic nitrogens is 3. The number of carboxylic acid groups (broad SMARTS) is 1. The van der Waals surface area contributed by atoms with Gasteiger partial charge in [-0.15, -0.1) is 0 Å². The molecule has 1 aromatic carbocycles. The van der Waals surface area contributed by atoms with Gasteiger partial charge in [0, 0.05) is 31.7 Å². The number of nitrogens with zero attached hydrogens (tertiary/aromatic N) is 3. The number of rotatable bonds is 8. The number of anilines is 1. The standard InChI is InChI=1S/C23H27ClN6O3S/c1-3-15-19(24)29-20(27-15)21(31)28-16-9-10-30(23-26-13(2)18(34-23)22(32)33)12-17(16)25-11-14-7-5-4-6-8-14/h4-8,16-17,25H,3,9-12H2,1-2H3,(H,27,29)(H,28,31)(H,32,33)/t16-,17-/m0/s1. The van der Waals surface area contributed by atoms with E-state index in [0.29, 0.717) is 48.5 Å². The highest BCUT2D eigenvalue weighted by molar-refractivity contribution is 7.17. The molecule has 0 spiro atoms. The molecular formula is C23H27ClN6O3S. The molecule has 3 aromatic rings. The fourth-order valence-corrected chi connectivity index (χ4v) is 5.24. The fourth-order valence-electron chi connectivity index (χ4n) is 4.03. The Morgan fingerprint density at radius 1 is 1.26 bits per heavy atom. The van der Waals surface area contributed by atoms with Crippen LogP contribution in [-0.2, 0) is 13.0 Å². The van der Waals surface area contributed by atoms with Gasteiger partial charge in [0.05, 0.1) is 11.4 Å². The summed E-state index contributed by atoms with van der Waals surface area (Å²) in [5.74, 6) is -1.07. The molecule has 1 fully saturated rings. The summed E-state index contributed by atoms with van der Waals surface area (Å²) in [6, 6.07) is 9.79. The van der Waals surface area contributed by atoms with Crippen LogP contribution in [0, 0.1) is 6.92 Å². The van der Waals surface area contributed by atoms with Crippen molar-refractivity contribution in [3.63, 3.8) is 0 Å². The minimum absolute atomic E-state index is 0.0912. The average Bonchev–Trinajstić information content (AvgIpc) is 3.41. The summed E-state index contributed by atoms with van der Waals surface area (Å²) in [6.07, 6.45) is 1.32. The average molecular weight is 503 g/mol. The van der Waals surface area contributed by atoms with Crippen LogP contribution in [0.15, 0.2) is 30.3 Å². The monoisotopic (exact) mass is 502 g/mol. The molecule has 4 rings (SSSR count). The Kier molecular flexibility index (Phi) is 7.50. The summed E-state index contributed by atoms with van der Waals surface area (Å²) in [4.78, 5) is 38.3. The summed E-state index contributed by atoms with van der Waals surface area (Å²) in [5.41, 5.74) is 2.38. The van der Waals surface area contributed by atoms with Crippen molar-refractivity contribution in [1.82, 2.24) is 25.6 Å². The van der Waals surface area contributed by atoms with Gasteiger partial charge in [-0.2, -0.15) is 0 Å². The van der Waals surface area contributed by atoms with Crippen LogP contribution in [-0.4, -0.2) is 57.1 Å². The first-order valence-corrected chi connectivity index (χ1v) is 12.3. The summed E-state index contributed by atoms with van der Waals surface area (Å²) in [6.45, 7) is 5.50. The van der Waals surface area contributed by atoms with Crippen LogP contribution < -0.4 is 15.5 Å². The Bertz CT molecular complexity index is 1160. The molecule has 0 bridgehead atoms. The molecule has 11 heteroatoms. The molecule has 0 aliphatic carbocycles. The van der Waals surface area contributed by atoms with Gasteiger partial charge >= 0.3 is 5.97 Å². The number of hydrogen-bond donors (Lipinski definition) is 4. The van der Waals surface area contributed by atoms with Gasteiger partial charge in [-0.25, -0.2) is 14.8 Å². The van der Waals surface area contributed by atoms with E-state index in [2.05, 4.69) is 30.5 Å². The molecule has 2 aromatic heterocycles. The number of imidazole rings is 1. The lowest BCUT2D eigenvalue weighted by molar-refractivity contribution is 0.0700. The summed E-state index contributed by atoms with van der Waals surface area (Å²) in [7, 11) is 0. The van der Waals surface area contributed by atoms with Gasteiger partial charge in [0.2, 0.25) is 0 Å². The number of hydrogen-bond acceptors (Lipinski definition) is 7. The molecule has 3 heterocycles. The van der Waals surface area contributed by atoms with Gasteiger partial charge in [-0.05, 0) is 25.3 Å². The van der Waals surface area contributed by atoms with E-state index >= 15 is 0 Å². The van der Waals surface area contributed by atoms with Crippen LogP contribution in [0.5, 0.6) is 0 Å². The second-order valence-electron chi connectivity index (χ2n) is 8.21. The van der Waals surface area contributed by atoms with Crippen molar-refractivity contribution in [3.8, 4) is 0 Å². The predicted molar refractivity (Wildman–Crippen MR) is 132 cm³/mol. The second-order valence-corrected chi connectivity index (χ2v) is 9.55. The number of benzene rings is 1. The first-order valence-electron chi connectivity index (χ1n) is 11.1. The molecule has 180 valence electrons. The quantitative estimate of drug-likeness (QED) is 0.373. The van der Waals surface area contributed by atoms with E-state index in [1.165, 1.54) is 11.3 Å². The van der Waals surface area contributed by atoms with Crippen LogP contribution in [0.25, 0.3) is 0 Å². The first-order chi connectivity index (χ1) is 16.4. The normalized spacial score (nSPS) is 18.1. The molecule has 34 heavy (non-hydrogen) atoms. The highest BCUT2D eigenvalue weighted by atomic mass is 35.5. The van der Waals surface area contributed by atoms with Gasteiger partial charge in [-0.3, -0.25) is 4.79 Å². The number of carboxylic acids is 1. The number of aromatic amines is 1. The maximum absolute atomic E-state index is 12.9. The van der Waals surface area contributed by atoms with E-state index in [4.69, 9.17) is 11.6 Å². The molecule has 4 N–H and O–H groups in total. The Morgan fingerprint density at radius 2 is 2.03 bits per heavy atom. The molecule has 0 radical (unpaired) electrons. The number of piperidine rings is 1. The highest BCUT2D eigenvalue weighted by Gasteiger charge is 2.33. The largest absolute Gasteiger partial charge is 0.477 e. The maximum atomic E-state index is 12.9. The number of halogens is 1. The van der Waals surface area contributed by atoms with Crippen molar-refractivity contribution in [2.75, 3.05) is 18.0 Å². The van der Waals surface area contributed by atoms with Gasteiger partial charge in [-0.1, -0.05) is 60.2 Å². The minimum Gasteiger partial charge on any atom is -0.477 e. The summed E-state index contributed by atoms with van der Waals surface area (Å²) < 4.78 is 0. The third-order valence-corrected chi connectivity index (χ3v) is 7.41. The van der Waals surface area contributed by atoms with Crippen molar-refractivity contribution >= 4 is 39.9 Å². The molecule has 2 atom stereocenters. The van der Waals surface area contributed by atoms with Crippen LogP contribution in [0.2, 0.25) is 5.15 Å². The maximum Gasteiger partial charge on any atom is 0.347 e. The summed E-state index contributed by atoms with van der Waals surface area (Å²) >= 11 is 7.29. The predicted octanol–water partition coefficient (Wildman–Crippen LogP) is 3.26. The molecule has 9 nitrogen and oxygen atoms in total. The van der Waals surface area contributed by atoms with Crippen LogP contribution in [0.1, 0.15) is 50.6 Å². The molecule has 0 unspecified atom stereocenters. The first kappa shape index (κ1) is 24.2. The third-order valence-electron chi connectivity index (χ3n) is 5.89. The molecule has 1 saturated heterocycles. The van der Waals surface area contributed by atoms with E-state index in [9.17, 15) is 14.7 Å². The lowest BCUT2D eigenvalue weighted by Crippen LogP contribution is -2.59. The fraction of sp³-hybridized carbons (Fsp3) is 0.391. The van der Waals surface area contributed by atoms with E-state index in [1.54, 1.807) is 6.92 Å². The van der Waals surface area contributed by atoms with Gasteiger partial charge < -0.3 is 25.6 Å². The number of carbonyl (C=O) groups is 2.